The monoisotopic (exact) mass is 449 g/mol. The molecule has 0 amide bonds. The SMILES string of the molecule is [C-]#[N+]C(C)(C)Cc1cc2c3c([n+](C)ccc3c1)-c1c(c(C)c3cc(CC(C)C)ccc3c1C)O2. The normalized spacial score (nSPS) is 12.7. The van der Waals surface area contributed by atoms with Gasteiger partial charge < -0.3 is 9.58 Å². The van der Waals surface area contributed by atoms with E-state index in [0.717, 1.165) is 34.3 Å². The number of aryl methyl sites for hydroxylation is 3. The Morgan fingerprint density at radius 3 is 2.47 bits per heavy atom. The zero-order valence-corrected chi connectivity index (χ0v) is 21.3. The first-order valence-corrected chi connectivity index (χ1v) is 12.2. The molecule has 34 heavy (non-hydrogen) atoms. The molecule has 0 atom stereocenters. The summed E-state index contributed by atoms with van der Waals surface area (Å²) in [4.78, 5) is 3.83. The molecule has 172 valence electrons. The van der Waals surface area contributed by atoms with E-state index in [2.05, 4.69) is 86.7 Å². The first-order chi connectivity index (χ1) is 16.1. The van der Waals surface area contributed by atoms with Gasteiger partial charge in [0.1, 0.15) is 18.5 Å². The predicted octanol–water partition coefficient (Wildman–Crippen LogP) is 7.65. The van der Waals surface area contributed by atoms with Gasteiger partial charge in [-0.2, -0.15) is 0 Å². The zero-order chi connectivity index (χ0) is 24.4. The van der Waals surface area contributed by atoms with Crippen molar-refractivity contribution in [3.8, 4) is 22.8 Å². The summed E-state index contributed by atoms with van der Waals surface area (Å²) in [5.41, 5.74) is 6.92. The molecule has 0 saturated heterocycles. The van der Waals surface area contributed by atoms with Crippen LogP contribution in [0, 0.1) is 26.3 Å². The van der Waals surface area contributed by atoms with E-state index >= 15 is 0 Å². The molecule has 5 rings (SSSR count). The van der Waals surface area contributed by atoms with Crippen molar-refractivity contribution in [2.45, 2.75) is 59.9 Å². The van der Waals surface area contributed by atoms with Crippen molar-refractivity contribution in [1.82, 2.24) is 0 Å². The van der Waals surface area contributed by atoms with Crippen molar-refractivity contribution in [2.75, 3.05) is 0 Å². The molecule has 0 aliphatic carbocycles. The molecule has 0 N–H and O–H groups in total. The number of pyridine rings is 1. The van der Waals surface area contributed by atoms with E-state index in [0.29, 0.717) is 12.3 Å². The summed E-state index contributed by atoms with van der Waals surface area (Å²) >= 11 is 0. The maximum absolute atomic E-state index is 7.56. The van der Waals surface area contributed by atoms with Crippen molar-refractivity contribution >= 4 is 21.5 Å². The molecule has 0 saturated carbocycles. The molecule has 3 heteroatoms. The van der Waals surface area contributed by atoms with E-state index in [1.807, 2.05) is 13.8 Å². The third-order valence-corrected chi connectivity index (χ3v) is 7.13. The molecule has 0 bridgehead atoms. The topological polar surface area (TPSA) is 17.5 Å². The third kappa shape index (κ3) is 3.53. The second-order valence-electron chi connectivity index (χ2n) is 11.0. The van der Waals surface area contributed by atoms with Crippen LogP contribution in [0.3, 0.4) is 0 Å². The van der Waals surface area contributed by atoms with E-state index < -0.39 is 5.54 Å². The maximum atomic E-state index is 7.56. The molecule has 3 nitrogen and oxygen atoms in total. The first kappa shape index (κ1) is 22.4. The van der Waals surface area contributed by atoms with Crippen LogP contribution in [0.5, 0.6) is 11.5 Å². The minimum Gasteiger partial charge on any atom is -0.455 e. The number of hydrogen-bond donors (Lipinski definition) is 0. The van der Waals surface area contributed by atoms with E-state index in [1.54, 1.807) is 0 Å². The fraction of sp³-hybridized carbons (Fsp3) is 0.355. The van der Waals surface area contributed by atoms with Crippen LogP contribution in [0.25, 0.3) is 37.6 Å². The van der Waals surface area contributed by atoms with Gasteiger partial charge in [-0.15, -0.1) is 0 Å². The van der Waals surface area contributed by atoms with Crippen LogP contribution in [-0.2, 0) is 19.9 Å². The molecule has 2 heterocycles. The Labute approximate surface area is 202 Å². The molecule has 1 aliphatic heterocycles. The van der Waals surface area contributed by atoms with Gasteiger partial charge in [-0.05, 0) is 65.1 Å². The number of hydrogen-bond acceptors (Lipinski definition) is 1. The Hall–Kier alpha value is -3.38. The molecule has 1 aliphatic rings. The Balaban J connectivity index is 1.79. The highest BCUT2D eigenvalue weighted by Crippen LogP contribution is 2.50. The number of nitrogens with zero attached hydrogens (tertiary/aromatic N) is 2. The van der Waals surface area contributed by atoms with Gasteiger partial charge in [0.05, 0.1) is 17.4 Å². The number of benzene rings is 3. The lowest BCUT2D eigenvalue weighted by Gasteiger charge is -2.25. The molecular formula is C31H33N2O+. The summed E-state index contributed by atoms with van der Waals surface area (Å²) in [6.07, 6.45) is 3.91. The van der Waals surface area contributed by atoms with Gasteiger partial charge in [0.25, 0.3) is 0 Å². The summed E-state index contributed by atoms with van der Waals surface area (Å²) in [5.74, 6) is 2.48. The summed E-state index contributed by atoms with van der Waals surface area (Å²) in [7, 11) is 2.12. The van der Waals surface area contributed by atoms with Crippen molar-refractivity contribution in [1.29, 1.82) is 0 Å². The van der Waals surface area contributed by atoms with Crippen molar-refractivity contribution in [3.05, 3.63) is 76.3 Å². The molecule has 0 radical (unpaired) electrons. The van der Waals surface area contributed by atoms with Crippen LogP contribution in [0.15, 0.2) is 42.6 Å². The highest BCUT2D eigenvalue weighted by Gasteiger charge is 2.33. The maximum Gasteiger partial charge on any atom is 0.231 e. The standard InChI is InChI=1S/C31H33N2O/c1-18(2)13-21-9-10-24-19(3)27-29-28-23(11-12-33(29)8)14-22(17-31(5,6)32-7)16-26(28)34-30(27)20(4)25(24)15-21/h9-12,14-16,18H,13,17H2,1-6,8H3/q+1. The fourth-order valence-corrected chi connectivity index (χ4v) is 5.51. The summed E-state index contributed by atoms with van der Waals surface area (Å²) < 4.78 is 8.97. The van der Waals surface area contributed by atoms with Crippen LogP contribution in [0.2, 0.25) is 0 Å². The number of ether oxygens (including phenoxy) is 1. The number of rotatable bonds is 4. The van der Waals surface area contributed by atoms with Gasteiger partial charge in [-0.3, -0.25) is 0 Å². The Morgan fingerprint density at radius 2 is 1.76 bits per heavy atom. The number of aromatic nitrogens is 1. The van der Waals surface area contributed by atoms with Gasteiger partial charge in [-0.1, -0.05) is 38.1 Å². The molecule has 1 aromatic heterocycles. The van der Waals surface area contributed by atoms with Gasteiger partial charge in [0, 0.05) is 25.5 Å². The van der Waals surface area contributed by atoms with Gasteiger partial charge >= 0.3 is 0 Å². The summed E-state index contributed by atoms with van der Waals surface area (Å²) in [6, 6.07) is 13.5. The van der Waals surface area contributed by atoms with Crippen LogP contribution < -0.4 is 9.30 Å². The zero-order valence-electron chi connectivity index (χ0n) is 21.3. The minimum absolute atomic E-state index is 0.440. The molecule has 0 fully saturated rings. The van der Waals surface area contributed by atoms with E-state index in [4.69, 9.17) is 11.3 Å². The van der Waals surface area contributed by atoms with Crippen LogP contribution >= 0.6 is 0 Å². The highest BCUT2D eigenvalue weighted by atomic mass is 16.5. The largest absolute Gasteiger partial charge is 0.455 e. The van der Waals surface area contributed by atoms with Crippen molar-refractivity contribution in [3.63, 3.8) is 0 Å². The third-order valence-electron chi connectivity index (χ3n) is 7.13. The van der Waals surface area contributed by atoms with E-state index in [1.165, 1.54) is 38.7 Å². The second-order valence-corrected chi connectivity index (χ2v) is 11.0. The highest BCUT2D eigenvalue weighted by molar-refractivity contribution is 6.06. The smallest absolute Gasteiger partial charge is 0.231 e. The Morgan fingerprint density at radius 1 is 1.00 bits per heavy atom. The van der Waals surface area contributed by atoms with Crippen LogP contribution in [0.4, 0.5) is 0 Å². The Kier molecular flexibility index (Phi) is 5.17. The Bertz CT molecular complexity index is 1520. The quantitative estimate of drug-likeness (QED) is 0.203. The predicted molar refractivity (Wildman–Crippen MR) is 141 cm³/mol. The first-order valence-electron chi connectivity index (χ1n) is 12.2. The molecular weight excluding hydrogens is 416 g/mol. The van der Waals surface area contributed by atoms with Crippen molar-refractivity contribution < 1.29 is 9.30 Å². The molecule has 4 aromatic rings. The fourth-order valence-electron chi connectivity index (χ4n) is 5.51. The molecule has 0 unspecified atom stereocenters. The van der Waals surface area contributed by atoms with Crippen LogP contribution in [-0.4, -0.2) is 5.54 Å². The summed E-state index contributed by atoms with van der Waals surface area (Å²) in [6.45, 7) is 20.5. The van der Waals surface area contributed by atoms with Gasteiger partial charge in [-0.25, -0.2) is 11.1 Å². The summed E-state index contributed by atoms with van der Waals surface area (Å²) in [5, 5.41) is 4.89. The lowest BCUT2D eigenvalue weighted by Crippen LogP contribution is -2.32. The average molecular weight is 450 g/mol. The minimum atomic E-state index is -0.440. The number of fused-ring (bicyclic) bond motifs is 3. The van der Waals surface area contributed by atoms with Gasteiger partial charge in [0.2, 0.25) is 11.2 Å². The average Bonchev–Trinajstić information content (AvgIpc) is 2.78. The van der Waals surface area contributed by atoms with Crippen LogP contribution in [0.1, 0.15) is 49.9 Å². The lowest BCUT2D eigenvalue weighted by atomic mass is 9.87. The van der Waals surface area contributed by atoms with Crippen molar-refractivity contribution in [2.24, 2.45) is 13.0 Å². The van der Waals surface area contributed by atoms with Gasteiger partial charge in [0.15, 0.2) is 6.20 Å². The van der Waals surface area contributed by atoms with E-state index in [-0.39, 0.29) is 0 Å². The lowest BCUT2D eigenvalue weighted by molar-refractivity contribution is -0.659. The van der Waals surface area contributed by atoms with E-state index in [9.17, 15) is 0 Å². The molecule has 3 aromatic carbocycles. The second kappa shape index (κ2) is 7.84. The molecule has 0 spiro atoms.